The van der Waals surface area contributed by atoms with Crippen molar-refractivity contribution in [1.82, 2.24) is 19.9 Å². The van der Waals surface area contributed by atoms with E-state index in [9.17, 15) is 9.90 Å². The van der Waals surface area contributed by atoms with Gasteiger partial charge in [-0.15, -0.1) is 0 Å². The van der Waals surface area contributed by atoms with Crippen molar-refractivity contribution in [3.05, 3.63) is 71.4 Å². The van der Waals surface area contributed by atoms with Gasteiger partial charge in [0, 0.05) is 36.3 Å². The molecule has 1 amide bonds. The largest absolute Gasteiger partial charge is 0.444 e. The molecule has 0 bridgehead atoms. The van der Waals surface area contributed by atoms with Crippen LogP contribution in [0.2, 0.25) is 0 Å². The number of pyridine rings is 1. The van der Waals surface area contributed by atoms with Gasteiger partial charge in [0.05, 0.1) is 22.5 Å². The van der Waals surface area contributed by atoms with E-state index in [0.717, 1.165) is 48.3 Å². The maximum Gasteiger partial charge on any atom is 0.277 e. The van der Waals surface area contributed by atoms with Crippen molar-refractivity contribution in [2.45, 2.75) is 58.0 Å². The van der Waals surface area contributed by atoms with Gasteiger partial charge in [-0.1, -0.05) is 17.7 Å². The van der Waals surface area contributed by atoms with E-state index in [0.29, 0.717) is 28.5 Å². The summed E-state index contributed by atoms with van der Waals surface area (Å²) in [7, 11) is 0. The molecule has 6 rings (SSSR count). The van der Waals surface area contributed by atoms with Crippen LogP contribution in [-0.2, 0) is 5.60 Å². The standard InChI is InChI=1S/C29H33N5O3/c1-18-5-4-6-20(11-18)27-32-25(15-37-27)26(35)31-24-13-21-12-23(33-34(21)14-22(24)28(2,3)36)19-7-9-29(10-8-19)16-30-17-29/h4-6,11-15,19,30,36H,7-10,16-17H2,1-3H3,(H,31,35). The lowest BCUT2D eigenvalue weighted by molar-refractivity contribution is 0.0787. The van der Waals surface area contributed by atoms with Crippen molar-refractivity contribution in [2.75, 3.05) is 18.4 Å². The van der Waals surface area contributed by atoms with Crippen LogP contribution in [0.3, 0.4) is 0 Å². The number of benzene rings is 1. The summed E-state index contributed by atoms with van der Waals surface area (Å²) in [4.78, 5) is 17.5. The molecule has 0 atom stereocenters. The Hall–Kier alpha value is -3.49. The van der Waals surface area contributed by atoms with Gasteiger partial charge < -0.3 is 20.2 Å². The Morgan fingerprint density at radius 3 is 2.68 bits per heavy atom. The molecule has 0 radical (unpaired) electrons. The average Bonchev–Trinajstić information content (AvgIpc) is 3.49. The van der Waals surface area contributed by atoms with Crippen LogP contribution in [0.1, 0.15) is 72.8 Å². The van der Waals surface area contributed by atoms with Gasteiger partial charge in [-0.25, -0.2) is 9.50 Å². The van der Waals surface area contributed by atoms with E-state index in [1.807, 2.05) is 48.0 Å². The van der Waals surface area contributed by atoms with Crippen LogP contribution < -0.4 is 10.6 Å². The van der Waals surface area contributed by atoms with Crippen LogP contribution >= 0.6 is 0 Å². The van der Waals surface area contributed by atoms with Crippen molar-refractivity contribution in [1.29, 1.82) is 0 Å². The van der Waals surface area contributed by atoms with Crippen molar-refractivity contribution >= 4 is 17.1 Å². The summed E-state index contributed by atoms with van der Waals surface area (Å²) in [5, 5.41) is 22.2. The number of nitrogens with zero attached hydrogens (tertiary/aromatic N) is 3. The fraction of sp³-hybridized carbons (Fsp3) is 0.414. The van der Waals surface area contributed by atoms with E-state index in [4.69, 9.17) is 9.52 Å². The normalized spacial score (nSPS) is 17.7. The van der Waals surface area contributed by atoms with Gasteiger partial charge in [0.2, 0.25) is 5.89 Å². The summed E-state index contributed by atoms with van der Waals surface area (Å²) in [5.74, 6) is 0.424. The fourth-order valence-electron chi connectivity index (χ4n) is 5.68. The molecule has 1 aliphatic carbocycles. The lowest BCUT2D eigenvalue weighted by atomic mass is 9.66. The quantitative estimate of drug-likeness (QED) is 0.356. The number of rotatable bonds is 5. The minimum Gasteiger partial charge on any atom is -0.444 e. The zero-order valence-electron chi connectivity index (χ0n) is 21.5. The second-order valence-electron chi connectivity index (χ2n) is 11.3. The van der Waals surface area contributed by atoms with E-state index in [-0.39, 0.29) is 5.69 Å². The van der Waals surface area contributed by atoms with Crippen molar-refractivity contribution in [3.63, 3.8) is 0 Å². The van der Waals surface area contributed by atoms with E-state index >= 15 is 0 Å². The van der Waals surface area contributed by atoms with Gasteiger partial charge in [0.25, 0.3) is 5.91 Å². The van der Waals surface area contributed by atoms with Gasteiger partial charge >= 0.3 is 0 Å². The van der Waals surface area contributed by atoms with Crippen LogP contribution in [0.5, 0.6) is 0 Å². The Morgan fingerprint density at radius 1 is 1.22 bits per heavy atom. The molecule has 8 nitrogen and oxygen atoms in total. The number of carbonyl (C=O) groups excluding carboxylic acids is 1. The molecule has 8 heteroatoms. The van der Waals surface area contributed by atoms with Gasteiger partial charge in [-0.3, -0.25) is 4.79 Å². The van der Waals surface area contributed by atoms with Crippen molar-refractivity contribution in [3.8, 4) is 11.5 Å². The smallest absolute Gasteiger partial charge is 0.277 e. The number of aliphatic hydroxyl groups is 1. The molecule has 1 saturated carbocycles. The molecule has 0 unspecified atom stereocenters. The predicted molar refractivity (Wildman–Crippen MR) is 142 cm³/mol. The molecule has 2 aliphatic rings. The highest BCUT2D eigenvalue weighted by atomic mass is 16.3. The molecule has 1 aliphatic heterocycles. The zero-order valence-corrected chi connectivity index (χ0v) is 21.5. The Bertz CT molecular complexity index is 1460. The maximum atomic E-state index is 13.1. The third kappa shape index (κ3) is 4.55. The van der Waals surface area contributed by atoms with Gasteiger partial charge in [0.15, 0.2) is 5.69 Å². The number of hydrogen-bond acceptors (Lipinski definition) is 6. The minimum absolute atomic E-state index is 0.175. The highest BCUT2D eigenvalue weighted by Gasteiger charge is 2.40. The van der Waals surface area contributed by atoms with E-state index in [1.54, 1.807) is 13.8 Å². The number of aromatic nitrogens is 3. The molecule has 3 aromatic heterocycles. The number of anilines is 1. The molecule has 1 spiro atoms. The highest BCUT2D eigenvalue weighted by Crippen LogP contribution is 2.45. The minimum atomic E-state index is -1.19. The average molecular weight is 500 g/mol. The number of fused-ring (bicyclic) bond motifs is 1. The first-order chi connectivity index (χ1) is 17.7. The van der Waals surface area contributed by atoms with Crippen LogP contribution in [0.15, 0.2) is 53.3 Å². The Labute approximate surface area is 216 Å². The highest BCUT2D eigenvalue weighted by molar-refractivity contribution is 6.03. The van der Waals surface area contributed by atoms with Crippen LogP contribution in [-0.4, -0.2) is 38.7 Å². The van der Waals surface area contributed by atoms with Crippen molar-refractivity contribution in [2.24, 2.45) is 5.41 Å². The third-order valence-electron chi connectivity index (χ3n) is 7.99. The molecule has 4 heterocycles. The summed E-state index contributed by atoms with van der Waals surface area (Å²) in [6.45, 7) is 7.68. The van der Waals surface area contributed by atoms with Gasteiger partial charge in [-0.05, 0) is 76.1 Å². The SMILES string of the molecule is Cc1cccc(-c2nc(C(=O)Nc3cc4cc(C5CCC6(CC5)CNC6)nn4cc3C(C)(C)O)co2)c1. The zero-order chi connectivity index (χ0) is 25.8. The lowest BCUT2D eigenvalue weighted by Gasteiger charge is -2.47. The van der Waals surface area contributed by atoms with Crippen LogP contribution in [0, 0.1) is 12.3 Å². The molecule has 192 valence electrons. The number of carbonyl (C=O) groups is 1. The predicted octanol–water partition coefficient (Wildman–Crippen LogP) is 5.02. The molecule has 4 aromatic rings. The first kappa shape index (κ1) is 23.9. The third-order valence-corrected chi connectivity index (χ3v) is 7.99. The van der Waals surface area contributed by atoms with Crippen molar-refractivity contribution < 1.29 is 14.3 Å². The summed E-state index contributed by atoms with van der Waals surface area (Å²) in [5.41, 5.74) is 4.44. The summed E-state index contributed by atoms with van der Waals surface area (Å²) in [6.07, 6.45) is 7.93. The lowest BCUT2D eigenvalue weighted by Crippen LogP contribution is -2.54. The first-order valence-corrected chi connectivity index (χ1v) is 13.0. The molecular weight excluding hydrogens is 466 g/mol. The Morgan fingerprint density at radius 2 is 2.00 bits per heavy atom. The molecule has 1 saturated heterocycles. The van der Waals surface area contributed by atoms with Gasteiger partial charge in [0.1, 0.15) is 6.26 Å². The fourth-order valence-corrected chi connectivity index (χ4v) is 5.68. The van der Waals surface area contributed by atoms with Gasteiger partial charge in [-0.2, -0.15) is 5.10 Å². The molecule has 2 fully saturated rings. The summed E-state index contributed by atoms with van der Waals surface area (Å²) >= 11 is 0. The molecule has 3 N–H and O–H groups in total. The summed E-state index contributed by atoms with van der Waals surface area (Å²) in [6, 6.07) is 11.8. The Balaban J connectivity index is 1.26. The molecular formula is C29H33N5O3. The van der Waals surface area contributed by atoms with Crippen LogP contribution in [0.25, 0.3) is 17.0 Å². The number of hydrogen-bond donors (Lipinski definition) is 3. The number of amides is 1. The van der Waals surface area contributed by atoms with Crippen LogP contribution in [0.4, 0.5) is 5.69 Å². The number of aryl methyl sites for hydroxylation is 1. The van der Waals surface area contributed by atoms with E-state index < -0.39 is 11.5 Å². The van der Waals surface area contributed by atoms with E-state index in [2.05, 4.69) is 21.7 Å². The molecule has 1 aromatic carbocycles. The summed E-state index contributed by atoms with van der Waals surface area (Å²) < 4.78 is 7.41. The Kier molecular flexibility index (Phi) is 5.69. The topological polar surface area (TPSA) is 105 Å². The number of oxazole rings is 1. The second kappa shape index (κ2) is 8.82. The second-order valence-corrected chi connectivity index (χ2v) is 11.3. The first-order valence-electron chi connectivity index (χ1n) is 13.0. The maximum absolute atomic E-state index is 13.1. The number of nitrogens with one attached hydrogen (secondary N) is 2. The molecule has 37 heavy (non-hydrogen) atoms. The monoisotopic (exact) mass is 499 g/mol. The van der Waals surface area contributed by atoms with E-state index in [1.165, 1.54) is 19.1 Å².